The number of aliphatic imine (C=N–C) groups is 1. The molecular weight excluding hydrogens is 506 g/mol. The molecule has 0 bridgehead atoms. The van der Waals surface area contributed by atoms with Crippen LogP contribution in [0.2, 0.25) is 0 Å². The summed E-state index contributed by atoms with van der Waals surface area (Å²) in [5.74, 6) is 0.532. The molecule has 0 aliphatic heterocycles. The fraction of sp³-hybridized carbons (Fsp3) is 0.357. The van der Waals surface area contributed by atoms with Crippen molar-refractivity contribution in [2.75, 3.05) is 24.3 Å². The molecule has 0 unspecified atom stereocenters. The second-order valence-corrected chi connectivity index (χ2v) is 12.1. The minimum Gasteiger partial charge on any atom is -0.377 e. The van der Waals surface area contributed by atoms with Crippen LogP contribution >= 0.6 is 27.3 Å². The summed E-state index contributed by atoms with van der Waals surface area (Å²) in [6, 6.07) is 15.8. The predicted octanol–water partition coefficient (Wildman–Crippen LogP) is 7.73. The fourth-order valence-corrected chi connectivity index (χ4v) is 6.47. The summed E-state index contributed by atoms with van der Waals surface area (Å²) < 4.78 is 1.02. The van der Waals surface area contributed by atoms with Gasteiger partial charge in [-0.1, -0.05) is 45.0 Å². The van der Waals surface area contributed by atoms with Gasteiger partial charge in [-0.15, -0.1) is 11.3 Å². The first-order valence-electron chi connectivity index (χ1n) is 11.7. The van der Waals surface area contributed by atoms with E-state index in [1.165, 1.54) is 10.4 Å². The van der Waals surface area contributed by atoms with Crippen molar-refractivity contribution in [2.45, 2.75) is 40.0 Å². The quantitative estimate of drug-likeness (QED) is 0.338. The molecule has 1 aliphatic rings. The number of nitrogens with one attached hydrogen (secondary N) is 1. The van der Waals surface area contributed by atoms with Gasteiger partial charge in [0.15, 0.2) is 0 Å². The van der Waals surface area contributed by atoms with E-state index in [1.54, 1.807) is 11.3 Å². The van der Waals surface area contributed by atoms with Gasteiger partial charge in [0.2, 0.25) is 0 Å². The third-order valence-corrected chi connectivity index (χ3v) is 8.31. The number of halogens is 1. The molecular formula is C28H32BrN3OS. The first kappa shape index (κ1) is 24.7. The minimum atomic E-state index is -0.0748. The zero-order chi connectivity index (χ0) is 24.5. The summed E-state index contributed by atoms with van der Waals surface area (Å²) in [4.78, 5) is 21.7. The van der Waals surface area contributed by atoms with Crippen molar-refractivity contribution >= 4 is 55.8 Å². The van der Waals surface area contributed by atoms with E-state index in [9.17, 15) is 4.79 Å². The van der Waals surface area contributed by atoms with Crippen LogP contribution in [-0.2, 0) is 12.8 Å². The predicted molar refractivity (Wildman–Crippen MR) is 149 cm³/mol. The molecule has 0 saturated heterocycles. The molecule has 1 N–H and O–H groups in total. The Labute approximate surface area is 215 Å². The highest BCUT2D eigenvalue weighted by Crippen LogP contribution is 2.45. The number of amides is 1. The van der Waals surface area contributed by atoms with E-state index < -0.39 is 0 Å². The Bertz CT molecular complexity index is 1210. The lowest BCUT2D eigenvalue weighted by atomic mass is 9.72. The Morgan fingerprint density at radius 3 is 2.56 bits per heavy atom. The van der Waals surface area contributed by atoms with E-state index in [1.807, 2.05) is 50.6 Å². The first-order valence-corrected chi connectivity index (χ1v) is 13.3. The number of hydrogen-bond acceptors (Lipinski definition) is 4. The molecule has 1 aliphatic carbocycles. The Balaban J connectivity index is 1.69. The molecule has 4 nitrogen and oxygen atoms in total. The number of anilines is 2. The van der Waals surface area contributed by atoms with Crippen LogP contribution in [0.4, 0.5) is 16.4 Å². The van der Waals surface area contributed by atoms with Gasteiger partial charge in [0.1, 0.15) is 5.00 Å². The highest BCUT2D eigenvalue weighted by atomic mass is 79.9. The van der Waals surface area contributed by atoms with Gasteiger partial charge >= 0.3 is 0 Å². The molecule has 34 heavy (non-hydrogen) atoms. The summed E-state index contributed by atoms with van der Waals surface area (Å²) in [7, 11) is 4.04. The number of nitrogens with zero attached hydrogens (tertiary/aromatic N) is 2. The second kappa shape index (κ2) is 10.0. The molecule has 1 amide bonds. The van der Waals surface area contributed by atoms with Crippen molar-refractivity contribution in [3.8, 4) is 0 Å². The molecule has 178 valence electrons. The molecule has 3 aromatic rings. The monoisotopic (exact) mass is 537 g/mol. The van der Waals surface area contributed by atoms with E-state index in [2.05, 4.69) is 65.1 Å². The summed E-state index contributed by atoms with van der Waals surface area (Å²) in [6.45, 7) is 6.94. The SMILES string of the molecule is CN(C)c1ccc(C=Nc2sc3c(c2C(=O)Nc2ccccc2)CC[C@@H](C(C)(C)C)C3)cc1Br. The van der Waals surface area contributed by atoms with Gasteiger partial charge in [-0.25, -0.2) is 4.99 Å². The molecule has 6 heteroatoms. The van der Waals surface area contributed by atoms with Crippen molar-refractivity contribution < 1.29 is 4.79 Å². The molecule has 2 aromatic carbocycles. The summed E-state index contributed by atoms with van der Waals surface area (Å²) in [6.07, 6.45) is 4.89. The maximum Gasteiger partial charge on any atom is 0.259 e. The molecule has 1 heterocycles. The number of benzene rings is 2. The van der Waals surface area contributed by atoms with E-state index in [0.29, 0.717) is 5.92 Å². The van der Waals surface area contributed by atoms with Gasteiger partial charge in [0.05, 0.1) is 11.3 Å². The third-order valence-electron chi connectivity index (χ3n) is 6.51. The Hall–Kier alpha value is -2.44. The summed E-state index contributed by atoms with van der Waals surface area (Å²) >= 11 is 5.33. The number of thiophene rings is 1. The van der Waals surface area contributed by atoms with Gasteiger partial charge < -0.3 is 10.2 Å². The van der Waals surface area contributed by atoms with Crippen LogP contribution in [-0.4, -0.2) is 26.2 Å². The maximum absolute atomic E-state index is 13.4. The number of para-hydroxylation sites is 1. The van der Waals surface area contributed by atoms with E-state index >= 15 is 0 Å². The van der Waals surface area contributed by atoms with Crippen LogP contribution in [0.3, 0.4) is 0 Å². The van der Waals surface area contributed by atoms with E-state index in [4.69, 9.17) is 4.99 Å². The van der Waals surface area contributed by atoms with Crippen LogP contribution in [0.5, 0.6) is 0 Å². The van der Waals surface area contributed by atoms with E-state index in [-0.39, 0.29) is 11.3 Å². The third kappa shape index (κ3) is 5.44. The topological polar surface area (TPSA) is 44.7 Å². The lowest BCUT2D eigenvalue weighted by Gasteiger charge is -2.33. The van der Waals surface area contributed by atoms with Crippen molar-refractivity contribution in [3.63, 3.8) is 0 Å². The molecule has 1 aromatic heterocycles. The zero-order valence-electron chi connectivity index (χ0n) is 20.5. The average molecular weight is 539 g/mol. The summed E-state index contributed by atoms with van der Waals surface area (Å²) in [5.41, 5.74) is 5.06. The van der Waals surface area contributed by atoms with Crippen molar-refractivity contribution in [2.24, 2.45) is 16.3 Å². The van der Waals surface area contributed by atoms with Crippen LogP contribution in [0.25, 0.3) is 0 Å². The molecule has 1 atom stereocenters. The van der Waals surface area contributed by atoms with Gasteiger partial charge in [0.25, 0.3) is 5.91 Å². The maximum atomic E-state index is 13.4. The van der Waals surface area contributed by atoms with Crippen LogP contribution in [0, 0.1) is 11.3 Å². The first-order chi connectivity index (χ1) is 16.1. The Kier molecular flexibility index (Phi) is 7.29. The molecule has 0 fully saturated rings. The lowest BCUT2D eigenvalue weighted by Crippen LogP contribution is -2.27. The second-order valence-electron chi connectivity index (χ2n) is 10.2. The highest BCUT2D eigenvalue weighted by Gasteiger charge is 2.33. The van der Waals surface area contributed by atoms with Gasteiger partial charge in [-0.3, -0.25) is 4.79 Å². The smallest absolute Gasteiger partial charge is 0.259 e. The number of rotatable bonds is 5. The standard InChI is InChI=1S/C28H32BrN3OS/c1-28(2,3)19-12-13-21-24(16-19)34-27(25(21)26(33)31-20-9-7-6-8-10-20)30-17-18-11-14-23(32(4)5)22(29)15-18/h6-11,14-15,17,19H,12-13,16H2,1-5H3,(H,31,33)/t19-/m1/s1. The fourth-order valence-electron chi connectivity index (χ4n) is 4.45. The highest BCUT2D eigenvalue weighted by molar-refractivity contribution is 9.10. The van der Waals surface area contributed by atoms with Crippen LogP contribution in [0.1, 0.15) is 53.6 Å². The Morgan fingerprint density at radius 2 is 1.91 bits per heavy atom. The number of carbonyl (C=O) groups excluding carboxylic acids is 1. The molecule has 4 rings (SSSR count). The van der Waals surface area contributed by atoms with Crippen molar-refractivity contribution in [3.05, 3.63) is 74.6 Å². The normalized spacial score (nSPS) is 15.9. The van der Waals surface area contributed by atoms with Gasteiger partial charge in [-0.2, -0.15) is 0 Å². The van der Waals surface area contributed by atoms with Gasteiger partial charge in [-0.05, 0) is 81.9 Å². The van der Waals surface area contributed by atoms with Crippen molar-refractivity contribution in [1.82, 2.24) is 0 Å². The number of fused-ring (bicyclic) bond motifs is 1. The largest absolute Gasteiger partial charge is 0.377 e. The zero-order valence-corrected chi connectivity index (χ0v) is 22.9. The van der Waals surface area contributed by atoms with Crippen molar-refractivity contribution in [1.29, 1.82) is 0 Å². The number of hydrogen-bond donors (Lipinski definition) is 1. The molecule has 0 saturated carbocycles. The minimum absolute atomic E-state index is 0.0748. The molecule has 0 spiro atoms. The summed E-state index contributed by atoms with van der Waals surface area (Å²) in [5, 5.41) is 3.88. The Morgan fingerprint density at radius 1 is 1.18 bits per heavy atom. The molecule has 0 radical (unpaired) electrons. The average Bonchev–Trinajstić information content (AvgIpc) is 3.15. The lowest BCUT2D eigenvalue weighted by molar-refractivity contribution is 0.102. The van der Waals surface area contributed by atoms with Crippen LogP contribution < -0.4 is 10.2 Å². The number of carbonyl (C=O) groups is 1. The van der Waals surface area contributed by atoms with Gasteiger partial charge in [0, 0.05) is 35.3 Å². The van der Waals surface area contributed by atoms with Crippen LogP contribution in [0.15, 0.2) is 58.0 Å². The van der Waals surface area contributed by atoms with E-state index in [0.717, 1.165) is 51.2 Å².